The normalized spacial score (nSPS) is 40.0. The minimum atomic E-state index is -3.05. The third kappa shape index (κ3) is 2.70. The van der Waals surface area contributed by atoms with E-state index in [1.165, 1.54) is 11.8 Å². The monoisotopic (exact) mass is 298 g/mol. The van der Waals surface area contributed by atoms with Gasteiger partial charge in [-0.1, -0.05) is 11.8 Å². The number of thioether (sulfide) groups is 1. The van der Waals surface area contributed by atoms with Gasteiger partial charge in [0.15, 0.2) is 5.17 Å². The van der Waals surface area contributed by atoms with Crippen LogP contribution in [0.25, 0.3) is 0 Å². The summed E-state index contributed by atoms with van der Waals surface area (Å²) in [5, 5.41) is 29.6. The average Bonchev–Trinajstić information content (AvgIpc) is 2.77. The SMILES string of the molecule is CN(C)C1=N[C@@H]2[C@@H](O)[C@H](O)[C@@H](C(O)C(F)F)O[C@@H]2S1. The van der Waals surface area contributed by atoms with Crippen molar-refractivity contribution in [1.82, 2.24) is 4.90 Å². The van der Waals surface area contributed by atoms with Crippen molar-refractivity contribution in [2.75, 3.05) is 14.1 Å². The lowest BCUT2D eigenvalue weighted by molar-refractivity contribution is -0.205. The fourth-order valence-electron chi connectivity index (χ4n) is 2.02. The lowest BCUT2D eigenvalue weighted by atomic mass is 9.95. The van der Waals surface area contributed by atoms with Crippen molar-refractivity contribution in [1.29, 1.82) is 0 Å². The lowest BCUT2D eigenvalue weighted by Crippen LogP contribution is -2.59. The van der Waals surface area contributed by atoms with Crippen LogP contribution in [0.5, 0.6) is 0 Å². The summed E-state index contributed by atoms with van der Waals surface area (Å²) in [4.78, 5) is 5.88. The Morgan fingerprint density at radius 3 is 2.47 bits per heavy atom. The zero-order valence-corrected chi connectivity index (χ0v) is 11.2. The summed E-state index contributed by atoms with van der Waals surface area (Å²) in [5.41, 5.74) is -0.686. The van der Waals surface area contributed by atoms with E-state index in [1.54, 1.807) is 19.0 Å². The van der Waals surface area contributed by atoms with Crippen molar-refractivity contribution in [3.05, 3.63) is 0 Å². The van der Waals surface area contributed by atoms with Gasteiger partial charge < -0.3 is 25.0 Å². The predicted octanol–water partition coefficient (Wildman–Crippen LogP) is -0.908. The molecule has 0 amide bonds. The first-order chi connectivity index (χ1) is 8.82. The molecule has 0 aromatic rings. The van der Waals surface area contributed by atoms with E-state index in [-0.39, 0.29) is 0 Å². The van der Waals surface area contributed by atoms with E-state index in [9.17, 15) is 24.1 Å². The van der Waals surface area contributed by atoms with Crippen LogP contribution in [0.4, 0.5) is 8.78 Å². The molecule has 0 aliphatic carbocycles. The Balaban J connectivity index is 2.14. The van der Waals surface area contributed by atoms with Gasteiger partial charge in [-0.25, -0.2) is 8.78 Å². The number of ether oxygens (including phenoxy) is 1. The Morgan fingerprint density at radius 1 is 1.32 bits per heavy atom. The molecule has 0 spiro atoms. The highest BCUT2D eigenvalue weighted by atomic mass is 32.2. The molecule has 2 aliphatic rings. The van der Waals surface area contributed by atoms with Gasteiger partial charge in [-0.05, 0) is 0 Å². The number of alkyl halides is 2. The number of fused-ring (bicyclic) bond motifs is 1. The number of hydrogen-bond acceptors (Lipinski definition) is 7. The molecular weight excluding hydrogens is 282 g/mol. The fourth-order valence-corrected chi connectivity index (χ4v) is 3.16. The van der Waals surface area contributed by atoms with E-state index < -0.39 is 42.3 Å². The Kier molecular flexibility index (Phi) is 4.31. The molecule has 2 aliphatic heterocycles. The van der Waals surface area contributed by atoms with Gasteiger partial charge in [0.25, 0.3) is 6.43 Å². The highest BCUT2D eigenvalue weighted by Crippen LogP contribution is 2.38. The Hall–Kier alpha value is -0.480. The molecule has 6 atom stereocenters. The van der Waals surface area contributed by atoms with Crippen LogP contribution in [0.3, 0.4) is 0 Å². The van der Waals surface area contributed by atoms with Crippen LogP contribution < -0.4 is 0 Å². The molecule has 9 heteroatoms. The van der Waals surface area contributed by atoms with E-state index in [0.29, 0.717) is 5.17 Å². The van der Waals surface area contributed by atoms with Crippen molar-refractivity contribution in [2.45, 2.75) is 42.3 Å². The highest BCUT2D eigenvalue weighted by Gasteiger charge is 2.51. The van der Waals surface area contributed by atoms with Crippen molar-refractivity contribution in [2.24, 2.45) is 4.99 Å². The molecule has 0 aromatic carbocycles. The third-order valence-corrected chi connectivity index (χ3v) is 4.37. The number of aliphatic hydroxyl groups is 3. The Labute approximate surface area is 113 Å². The summed E-state index contributed by atoms with van der Waals surface area (Å²) in [5.74, 6) is 0. The van der Waals surface area contributed by atoms with Crippen LogP contribution in [0.15, 0.2) is 4.99 Å². The van der Waals surface area contributed by atoms with E-state index in [4.69, 9.17) is 4.74 Å². The largest absolute Gasteiger partial charge is 0.388 e. The van der Waals surface area contributed by atoms with Crippen LogP contribution in [-0.2, 0) is 4.74 Å². The summed E-state index contributed by atoms with van der Waals surface area (Å²) in [6.45, 7) is 0. The molecule has 0 aromatic heterocycles. The maximum Gasteiger partial charge on any atom is 0.266 e. The van der Waals surface area contributed by atoms with Crippen LogP contribution in [-0.4, -0.2) is 81.8 Å². The summed E-state index contributed by atoms with van der Waals surface area (Å²) >= 11 is 1.17. The van der Waals surface area contributed by atoms with Gasteiger partial charge in [0.1, 0.15) is 35.9 Å². The zero-order chi connectivity index (χ0) is 14.3. The number of aliphatic hydroxyl groups excluding tert-OH is 3. The van der Waals surface area contributed by atoms with Gasteiger partial charge >= 0.3 is 0 Å². The van der Waals surface area contributed by atoms with Gasteiger partial charge in [0.2, 0.25) is 0 Å². The fraction of sp³-hybridized carbons (Fsp3) is 0.900. The highest BCUT2D eigenvalue weighted by molar-refractivity contribution is 8.14. The van der Waals surface area contributed by atoms with E-state index in [1.807, 2.05) is 0 Å². The van der Waals surface area contributed by atoms with Crippen molar-refractivity contribution < 1.29 is 28.8 Å². The maximum atomic E-state index is 12.5. The lowest BCUT2D eigenvalue weighted by Gasteiger charge is -2.39. The number of aliphatic imine (C=N–C) groups is 1. The molecule has 1 fully saturated rings. The topological polar surface area (TPSA) is 85.5 Å². The van der Waals surface area contributed by atoms with Crippen LogP contribution in [0.1, 0.15) is 0 Å². The number of rotatable bonds is 2. The summed E-state index contributed by atoms with van der Waals surface area (Å²) < 4.78 is 30.3. The Bertz CT molecular complexity index is 371. The molecule has 19 heavy (non-hydrogen) atoms. The molecule has 6 nitrogen and oxygen atoms in total. The van der Waals surface area contributed by atoms with Crippen molar-refractivity contribution >= 4 is 16.9 Å². The second-order valence-corrected chi connectivity index (χ2v) is 5.76. The molecule has 3 N–H and O–H groups in total. The molecule has 1 saturated heterocycles. The number of nitrogens with zero attached hydrogens (tertiary/aromatic N) is 2. The summed E-state index contributed by atoms with van der Waals surface area (Å²) in [7, 11) is 3.49. The molecule has 0 saturated carbocycles. The molecule has 0 radical (unpaired) electrons. The molecule has 2 rings (SSSR count). The average molecular weight is 298 g/mol. The van der Waals surface area contributed by atoms with Crippen molar-refractivity contribution in [3.8, 4) is 0 Å². The van der Waals surface area contributed by atoms with Crippen LogP contribution in [0, 0.1) is 0 Å². The second-order valence-electron chi connectivity index (χ2n) is 4.69. The minimum Gasteiger partial charge on any atom is -0.388 e. The third-order valence-electron chi connectivity index (χ3n) is 3.06. The first-order valence-corrected chi connectivity index (χ1v) is 6.60. The number of hydrogen-bond donors (Lipinski definition) is 3. The van der Waals surface area contributed by atoms with Gasteiger partial charge in [-0.3, -0.25) is 4.99 Å². The molecule has 0 bridgehead atoms. The van der Waals surface area contributed by atoms with Crippen molar-refractivity contribution in [3.63, 3.8) is 0 Å². The van der Waals surface area contributed by atoms with Gasteiger partial charge in [0.05, 0.1) is 0 Å². The predicted molar refractivity (Wildman–Crippen MR) is 65.2 cm³/mol. The maximum absolute atomic E-state index is 12.5. The summed E-state index contributed by atoms with van der Waals surface area (Å²) in [6.07, 6.45) is -9.67. The molecule has 110 valence electrons. The van der Waals surface area contributed by atoms with Crippen LogP contribution in [0.2, 0.25) is 0 Å². The quantitative estimate of drug-likeness (QED) is 0.612. The molecule has 1 unspecified atom stereocenters. The first-order valence-electron chi connectivity index (χ1n) is 5.72. The molecular formula is C10H16F2N2O4S. The smallest absolute Gasteiger partial charge is 0.266 e. The first kappa shape index (κ1) is 14.9. The van der Waals surface area contributed by atoms with E-state index in [0.717, 1.165) is 0 Å². The van der Waals surface area contributed by atoms with Gasteiger partial charge in [-0.15, -0.1) is 0 Å². The summed E-state index contributed by atoms with van der Waals surface area (Å²) in [6, 6.07) is -0.724. The number of amidine groups is 1. The minimum absolute atomic E-state index is 0.577. The van der Waals surface area contributed by atoms with E-state index in [2.05, 4.69) is 4.99 Å². The zero-order valence-electron chi connectivity index (χ0n) is 10.3. The number of halogens is 2. The Morgan fingerprint density at radius 2 is 1.95 bits per heavy atom. The van der Waals surface area contributed by atoms with Crippen LogP contribution >= 0.6 is 11.8 Å². The standard InChI is InChI=1S/C10H16F2N2O4S/c1-14(2)10-13-3-4(15)5(16)7(6(17)8(11)12)18-9(3)19-10/h3-9,15-17H,1-2H3/t3-,4-,5+,6?,7+,9-/m1/s1. The molecule has 2 heterocycles. The van der Waals surface area contributed by atoms with Gasteiger partial charge in [0, 0.05) is 14.1 Å². The second kappa shape index (κ2) is 5.49. The van der Waals surface area contributed by atoms with Gasteiger partial charge in [-0.2, -0.15) is 0 Å². The van der Waals surface area contributed by atoms with E-state index >= 15 is 0 Å².